The average Bonchev–Trinajstić information content (AvgIpc) is 2.91. The van der Waals surface area contributed by atoms with Crippen LogP contribution in [0.4, 0.5) is 5.69 Å². The zero-order chi connectivity index (χ0) is 16.8. The molecular formula is C15H18N4O3S. The van der Waals surface area contributed by atoms with Crippen molar-refractivity contribution in [2.24, 2.45) is 0 Å². The SMILES string of the molecule is Cc1nc(SCC(=O)Nc2ccc(C(=O)OC(C)C)cc2)n[nH]1. The van der Waals surface area contributed by atoms with E-state index < -0.39 is 0 Å². The van der Waals surface area contributed by atoms with Gasteiger partial charge in [-0.3, -0.25) is 9.89 Å². The van der Waals surface area contributed by atoms with Crippen molar-refractivity contribution < 1.29 is 14.3 Å². The van der Waals surface area contributed by atoms with E-state index in [1.807, 2.05) is 0 Å². The number of anilines is 1. The van der Waals surface area contributed by atoms with Gasteiger partial charge < -0.3 is 10.1 Å². The van der Waals surface area contributed by atoms with Crippen LogP contribution >= 0.6 is 11.8 Å². The van der Waals surface area contributed by atoms with Gasteiger partial charge in [0.05, 0.1) is 17.4 Å². The number of hydrogen-bond donors (Lipinski definition) is 2. The van der Waals surface area contributed by atoms with Crippen LogP contribution in [0.15, 0.2) is 29.4 Å². The van der Waals surface area contributed by atoms with Crippen molar-refractivity contribution in [2.45, 2.75) is 32.0 Å². The first-order chi connectivity index (χ1) is 10.9. The minimum atomic E-state index is -0.381. The Hall–Kier alpha value is -2.35. The summed E-state index contributed by atoms with van der Waals surface area (Å²) < 4.78 is 5.10. The van der Waals surface area contributed by atoms with Crippen molar-refractivity contribution >= 4 is 29.3 Å². The van der Waals surface area contributed by atoms with Gasteiger partial charge in [0.25, 0.3) is 0 Å². The molecule has 2 N–H and O–H groups in total. The van der Waals surface area contributed by atoms with E-state index >= 15 is 0 Å². The predicted octanol–water partition coefficient (Wildman–Crippen LogP) is 2.41. The van der Waals surface area contributed by atoms with Gasteiger partial charge in [-0.2, -0.15) is 0 Å². The molecule has 0 saturated heterocycles. The lowest BCUT2D eigenvalue weighted by Crippen LogP contribution is -2.15. The van der Waals surface area contributed by atoms with Crippen LogP contribution < -0.4 is 5.32 Å². The maximum absolute atomic E-state index is 11.9. The third-order valence-electron chi connectivity index (χ3n) is 2.66. The molecule has 1 heterocycles. The Bertz CT molecular complexity index is 682. The third kappa shape index (κ3) is 5.41. The Morgan fingerprint density at radius 3 is 2.57 bits per heavy atom. The Balaban J connectivity index is 1.85. The number of thioether (sulfide) groups is 1. The highest BCUT2D eigenvalue weighted by Gasteiger charge is 2.10. The fourth-order valence-corrected chi connectivity index (χ4v) is 2.33. The molecule has 1 aromatic carbocycles. The Morgan fingerprint density at radius 2 is 2.00 bits per heavy atom. The summed E-state index contributed by atoms with van der Waals surface area (Å²) >= 11 is 1.24. The number of hydrogen-bond acceptors (Lipinski definition) is 6. The second kappa shape index (κ2) is 7.77. The molecule has 8 heteroatoms. The zero-order valence-corrected chi connectivity index (χ0v) is 13.9. The summed E-state index contributed by atoms with van der Waals surface area (Å²) in [6.07, 6.45) is -0.168. The standard InChI is InChI=1S/C15H18N4O3S/c1-9(2)22-14(21)11-4-6-12(7-5-11)17-13(20)8-23-15-16-10(3)18-19-15/h4-7,9H,8H2,1-3H3,(H,17,20)(H,16,18,19). The number of nitrogens with zero attached hydrogens (tertiary/aromatic N) is 2. The number of nitrogens with one attached hydrogen (secondary N) is 2. The minimum Gasteiger partial charge on any atom is -0.459 e. The van der Waals surface area contributed by atoms with Crippen molar-refractivity contribution in [1.82, 2.24) is 15.2 Å². The highest BCUT2D eigenvalue weighted by Crippen LogP contribution is 2.14. The van der Waals surface area contributed by atoms with E-state index in [1.165, 1.54) is 11.8 Å². The van der Waals surface area contributed by atoms with Crippen molar-refractivity contribution in [3.05, 3.63) is 35.7 Å². The lowest BCUT2D eigenvalue weighted by atomic mass is 10.2. The van der Waals surface area contributed by atoms with E-state index in [-0.39, 0.29) is 23.7 Å². The van der Waals surface area contributed by atoms with Crippen LogP contribution in [0.5, 0.6) is 0 Å². The Kier molecular flexibility index (Phi) is 5.75. The molecule has 0 unspecified atom stereocenters. The largest absolute Gasteiger partial charge is 0.459 e. The maximum atomic E-state index is 11.9. The molecule has 0 bridgehead atoms. The summed E-state index contributed by atoms with van der Waals surface area (Å²) in [7, 11) is 0. The average molecular weight is 334 g/mol. The number of H-pyrrole nitrogens is 1. The van der Waals surface area contributed by atoms with Crippen LogP contribution in [0.1, 0.15) is 30.0 Å². The van der Waals surface area contributed by atoms with Crippen LogP contribution in [0.3, 0.4) is 0 Å². The molecule has 0 fully saturated rings. The minimum absolute atomic E-state index is 0.168. The number of ether oxygens (including phenoxy) is 1. The van der Waals surface area contributed by atoms with Crippen LogP contribution in [-0.2, 0) is 9.53 Å². The molecule has 0 saturated carbocycles. The van der Waals surface area contributed by atoms with Gasteiger partial charge in [-0.1, -0.05) is 11.8 Å². The van der Waals surface area contributed by atoms with Gasteiger partial charge in [-0.05, 0) is 45.0 Å². The summed E-state index contributed by atoms with van der Waals surface area (Å²) in [6, 6.07) is 6.56. The number of aryl methyl sites for hydroxylation is 1. The molecular weight excluding hydrogens is 316 g/mol. The fraction of sp³-hybridized carbons (Fsp3) is 0.333. The third-order valence-corrected chi connectivity index (χ3v) is 3.50. The Morgan fingerprint density at radius 1 is 1.30 bits per heavy atom. The van der Waals surface area contributed by atoms with Crippen molar-refractivity contribution in [3.8, 4) is 0 Å². The van der Waals surface area contributed by atoms with Gasteiger partial charge in [0, 0.05) is 5.69 Å². The molecule has 122 valence electrons. The smallest absolute Gasteiger partial charge is 0.338 e. The van der Waals surface area contributed by atoms with Crippen LogP contribution in [-0.4, -0.2) is 38.9 Å². The quantitative estimate of drug-likeness (QED) is 0.622. The van der Waals surface area contributed by atoms with Crippen LogP contribution in [0.2, 0.25) is 0 Å². The number of carbonyl (C=O) groups excluding carboxylic acids is 2. The van der Waals surface area contributed by atoms with Gasteiger partial charge >= 0.3 is 5.97 Å². The van der Waals surface area contributed by atoms with E-state index in [2.05, 4.69) is 20.5 Å². The van der Waals surface area contributed by atoms with Gasteiger partial charge in [-0.25, -0.2) is 9.78 Å². The van der Waals surface area contributed by atoms with E-state index in [0.29, 0.717) is 22.2 Å². The van der Waals surface area contributed by atoms with Crippen molar-refractivity contribution in [3.63, 3.8) is 0 Å². The van der Waals surface area contributed by atoms with Crippen molar-refractivity contribution in [1.29, 1.82) is 0 Å². The monoisotopic (exact) mass is 334 g/mol. The first-order valence-corrected chi connectivity index (χ1v) is 8.05. The lowest BCUT2D eigenvalue weighted by Gasteiger charge is -2.08. The van der Waals surface area contributed by atoms with E-state index in [9.17, 15) is 9.59 Å². The molecule has 0 radical (unpaired) electrons. The molecule has 2 aromatic rings. The molecule has 23 heavy (non-hydrogen) atoms. The molecule has 0 aliphatic carbocycles. The number of aromatic amines is 1. The molecule has 0 spiro atoms. The van der Waals surface area contributed by atoms with Gasteiger partial charge in [0.1, 0.15) is 5.82 Å². The van der Waals surface area contributed by atoms with Crippen molar-refractivity contribution in [2.75, 3.05) is 11.1 Å². The Labute approximate surface area is 138 Å². The van der Waals surface area contributed by atoms with Gasteiger partial charge in [-0.15, -0.1) is 5.10 Å². The molecule has 0 aliphatic rings. The first kappa shape index (κ1) is 17.0. The summed E-state index contributed by atoms with van der Waals surface area (Å²) in [5.41, 5.74) is 1.06. The van der Waals surface area contributed by atoms with E-state index in [4.69, 9.17) is 4.74 Å². The topological polar surface area (TPSA) is 97.0 Å². The molecule has 2 rings (SSSR count). The molecule has 0 aliphatic heterocycles. The summed E-state index contributed by atoms with van der Waals surface area (Å²) in [5.74, 6) is 0.356. The maximum Gasteiger partial charge on any atom is 0.338 e. The zero-order valence-electron chi connectivity index (χ0n) is 13.1. The molecule has 0 atom stereocenters. The highest BCUT2D eigenvalue weighted by atomic mass is 32.2. The highest BCUT2D eigenvalue weighted by molar-refractivity contribution is 7.99. The lowest BCUT2D eigenvalue weighted by molar-refractivity contribution is -0.113. The van der Waals surface area contributed by atoms with Crippen LogP contribution in [0.25, 0.3) is 0 Å². The number of aromatic nitrogens is 3. The predicted molar refractivity (Wildman–Crippen MR) is 87.5 cm³/mol. The van der Waals surface area contributed by atoms with Crippen LogP contribution in [0, 0.1) is 6.92 Å². The number of amides is 1. The van der Waals surface area contributed by atoms with E-state index in [1.54, 1.807) is 45.0 Å². The molecule has 7 nitrogen and oxygen atoms in total. The molecule has 1 amide bonds. The summed E-state index contributed by atoms with van der Waals surface area (Å²) in [4.78, 5) is 27.7. The van der Waals surface area contributed by atoms with Gasteiger partial charge in [0.2, 0.25) is 11.1 Å². The number of carbonyl (C=O) groups is 2. The first-order valence-electron chi connectivity index (χ1n) is 7.06. The normalized spacial score (nSPS) is 10.6. The fourth-order valence-electron chi connectivity index (χ4n) is 1.69. The van der Waals surface area contributed by atoms with E-state index in [0.717, 1.165) is 0 Å². The molecule has 1 aromatic heterocycles. The second-order valence-electron chi connectivity index (χ2n) is 5.07. The van der Waals surface area contributed by atoms with Gasteiger partial charge in [0.15, 0.2) is 0 Å². The summed E-state index contributed by atoms with van der Waals surface area (Å²) in [6.45, 7) is 5.38. The second-order valence-corrected chi connectivity index (χ2v) is 6.01. The number of rotatable bonds is 6. The number of benzene rings is 1. The number of esters is 1. The summed E-state index contributed by atoms with van der Waals surface area (Å²) in [5, 5.41) is 9.94.